The lowest BCUT2D eigenvalue weighted by Gasteiger charge is -2.07. The molecule has 0 saturated heterocycles. The third-order valence-corrected chi connectivity index (χ3v) is 5.18. The molecule has 1 amide bonds. The molecule has 0 aliphatic carbocycles. The molecule has 2 aromatic heterocycles. The zero-order valence-corrected chi connectivity index (χ0v) is 17.8. The number of halogens is 1. The van der Waals surface area contributed by atoms with E-state index in [1.165, 1.54) is 0 Å². The van der Waals surface area contributed by atoms with Crippen molar-refractivity contribution < 1.29 is 9.72 Å². The normalized spacial score (nSPS) is 10.9. The first kappa shape index (κ1) is 21.5. The summed E-state index contributed by atoms with van der Waals surface area (Å²) in [7, 11) is 0. The number of nitrogens with one attached hydrogen (secondary N) is 1. The summed E-state index contributed by atoms with van der Waals surface area (Å²) in [5.41, 5.74) is 3.18. The predicted molar refractivity (Wildman–Crippen MR) is 113 cm³/mol. The number of rotatable bonds is 8. The Morgan fingerprint density at radius 2 is 1.87 bits per heavy atom. The SMILES string of the molecule is Cc1nn(CCCNC(=O)c2ccc(Cn3nc(C)c([N+](=O)[O-])c3C)cc2)cc1Cl. The molecule has 0 radical (unpaired) electrons. The van der Waals surface area contributed by atoms with Crippen LogP contribution in [0.1, 0.15) is 39.4 Å². The Kier molecular flexibility index (Phi) is 6.51. The summed E-state index contributed by atoms with van der Waals surface area (Å²) in [5.74, 6) is -0.155. The van der Waals surface area contributed by atoms with Gasteiger partial charge in [-0.05, 0) is 44.9 Å². The second kappa shape index (κ2) is 9.08. The van der Waals surface area contributed by atoms with Crippen LogP contribution in [-0.2, 0) is 13.1 Å². The number of carbonyl (C=O) groups excluding carboxylic acids is 1. The maximum Gasteiger partial charge on any atom is 0.312 e. The smallest absolute Gasteiger partial charge is 0.312 e. The van der Waals surface area contributed by atoms with Crippen molar-refractivity contribution in [3.63, 3.8) is 0 Å². The molecule has 2 heterocycles. The molecule has 1 N–H and O–H groups in total. The van der Waals surface area contributed by atoms with Gasteiger partial charge in [0.2, 0.25) is 0 Å². The maximum atomic E-state index is 12.3. The Hall–Kier alpha value is -3.20. The van der Waals surface area contributed by atoms with Gasteiger partial charge in [-0.15, -0.1) is 0 Å². The fourth-order valence-corrected chi connectivity index (χ4v) is 3.34. The van der Waals surface area contributed by atoms with E-state index in [0.717, 1.165) is 17.7 Å². The monoisotopic (exact) mass is 430 g/mol. The Morgan fingerprint density at radius 1 is 1.17 bits per heavy atom. The van der Waals surface area contributed by atoms with Gasteiger partial charge in [0.05, 0.1) is 22.2 Å². The second-order valence-electron chi connectivity index (χ2n) is 7.07. The summed E-state index contributed by atoms with van der Waals surface area (Å²) in [4.78, 5) is 23.0. The summed E-state index contributed by atoms with van der Waals surface area (Å²) >= 11 is 5.98. The number of nitro groups is 1. The standard InChI is InChI=1S/C20H23ClN6O3/c1-13-18(21)12-25(23-13)10-4-9-22-20(28)17-7-5-16(6-8-17)11-26-15(3)19(27(29)30)14(2)24-26/h5-8,12H,4,9-11H2,1-3H3,(H,22,28). The van der Waals surface area contributed by atoms with Gasteiger partial charge in [0.15, 0.2) is 0 Å². The highest BCUT2D eigenvalue weighted by Crippen LogP contribution is 2.22. The molecule has 10 heteroatoms. The minimum Gasteiger partial charge on any atom is -0.352 e. The summed E-state index contributed by atoms with van der Waals surface area (Å²) in [6.45, 7) is 6.73. The van der Waals surface area contributed by atoms with Crippen molar-refractivity contribution in [1.29, 1.82) is 0 Å². The molecular weight excluding hydrogens is 408 g/mol. The van der Waals surface area contributed by atoms with Gasteiger partial charge >= 0.3 is 5.69 Å². The zero-order chi connectivity index (χ0) is 21.8. The summed E-state index contributed by atoms with van der Waals surface area (Å²) < 4.78 is 3.37. The van der Waals surface area contributed by atoms with Gasteiger partial charge in [0, 0.05) is 24.8 Å². The number of aromatic nitrogens is 4. The summed E-state index contributed by atoms with van der Waals surface area (Å²) in [6.07, 6.45) is 2.51. The van der Waals surface area contributed by atoms with Crippen molar-refractivity contribution in [2.45, 2.75) is 40.3 Å². The van der Waals surface area contributed by atoms with Crippen molar-refractivity contribution in [2.24, 2.45) is 0 Å². The molecule has 0 unspecified atom stereocenters. The van der Waals surface area contributed by atoms with Crippen LogP contribution in [-0.4, -0.2) is 36.9 Å². The average molecular weight is 431 g/mol. The lowest BCUT2D eigenvalue weighted by molar-refractivity contribution is -0.386. The Morgan fingerprint density at radius 3 is 2.43 bits per heavy atom. The molecule has 30 heavy (non-hydrogen) atoms. The first-order valence-corrected chi connectivity index (χ1v) is 9.89. The van der Waals surface area contributed by atoms with E-state index in [9.17, 15) is 14.9 Å². The summed E-state index contributed by atoms with van der Waals surface area (Å²) in [6, 6.07) is 7.13. The van der Waals surface area contributed by atoms with Crippen molar-refractivity contribution >= 4 is 23.2 Å². The molecule has 158 valence electrons. The maximum absolute atomic E-state index is 12.3. The lowest BCUT2D eigenvalue weighted by atomic mass is 10.1. The van der Waals surface area contributed by atoms with E-state index in [0.29, 0.717) is 41.6 Å². The Labute approximate surface area is 178 Å². The van der Waals surface area contributed by atoms with Crippen LogP contribution in [0.4, 0.5) is 5.69 Å². The summed E-state index contributed by atoms with van der Waals surface area (Å²) in [5, 5.41) is 23.2. The van der Waals surface area contributed by atoms with E-state index in [-0.39, 0.29) is 11.6 Å². The van der Waals surface area contributed by atoms with E-state index >= 15 is 0 Å². The third kappa shape index (κ3) is 4.85. The quantitative estimate of drug-likeness (QED) is 0.334. The topological polar surface area (TPSA) is 108 Å². The van der Waals surface area contributed by atoms with Gasteiger partial charge < -0.3 is 5.32 Å². The van der Waals surface area contributed by atoms with E-state index in [1.54, 1.807) is 41.5 Å². The van der Waals surface area contributed by atoms with Crippen LogP contribution in [0.25, 0.3) is 0 Å². The Bertz CT molecular complexity index is 1050. The average Bonchev–Trinajstić information content (AvgIpc) is 3.16. The van der Waals surface area contributed by atoms with E-state index in [1.807, 2.05) is 19.1 Å². The third-order valence-electron chi connectivity index (χ3n) is 4.81. The number of benzene rings is 1. The van der Waals surface area contributed by atoms with Crippen LogP contribution < -0.4 is 5.32 Å². The van der Waals surface area contributed by atoms with Gasteiger partial charge in [0.1, 0.15) is 11.4 Å². The molecule has 0 fully saturated rings. The van der Waals surface area contributed by atoms with Crippen molar-refractivity contribution in [3.8, 4) is 0 Å². The van der Waals surface area contributed by atoms with Crippen LogP contribution >= 0.6 is 11.6 Å². The van der Waals surface area contributed by atoms with Crippen LogP contribution in [0.5, 0.6) is 0 Å². The predicted octanol–water partition coefficient (Wildman–Crippen LogP) is 3.43. The van der Waals surface area contributed by atoms with E-state index in [4.69, 9.17) is 11.6 Å². The highest BCUT2D eigenvalue weighted by Gasteiger charge is 2.21. The first-order chi connectivity index (χ1) is 14.3. The first-order valence-electron chi connectivity index (χ1n) is 9.51. The number of hydrogen-bond acceptors (Lipinski definition) is 5. The minimum absolute atomic E-state index is 0.0403. The molecule has 0 aliphatic heterocycles. The molecule has 0 atom stereocenters. The van der Waals surface area contributed by atoms with E-state index < -0.39 is 4.92 Å². The van der Waals surface area contributed by atoms with Crippen molar-refractivity contribution in [3.05, 3.63) is 73.8 Å². The molecule has 3 aromatic rings. The van der Waals surface area contributed by atoms with Crippen molar-refractivity contribution in [2.75, 3.05) is 6.54 Å². The zero-order valence-electron chi connectivity index (χ0n) is 17.1. The van der Waals surface area contributed by atoms with Gasteiger partial charge in [-0.1, -0.05) is 23.7 Å². The number of amides is 1. The van der Waals surface area contributed by atoms with Gasteiger partial charge in [-0.2, -0.15) is 10.2 Å². The largest absolute Gasteiger partial charge is 0.352 e. The van der Waals surface area contributed by atoms with Crippen LogP contribution in [0, 0.1) is 30.9 Å². The van der Waals surface area contributed by atoms with Crippen LogP contribution in [0.3, 0.4) is 0 Å². The fraction of sp³-hybridized carbons (Fsp3) is 0.350. The number of nitrogens with zero attached hydrogens (tertiary/aromatic N) is 5. The van der Waals surface area contributed by atoms with Gasteiger partial charge in [-0.3, -0.25) is 24.3 Å². The second-order valence-corrected chi connectivity index (χ2v) is 7.47. The van der Waals surface area contributed by atoms with Crippen molar-refractivity contribution in [1.82, 2.24) is 24.9 Å². The number of aryl methyl sites for hydroxylation is 3. The molecule has 0 spiro atoms. The highest BCUT2D eigenvalue weighted by molar-refractivity contribution is 6.31. The van der Waals surface area contributed by atoms with Gasteiger partial charge in [-0.25, -0.2) is 0 Å². The van der Waals surface area contributed by atoms with E-state index in [2.05, 4.69) is 15.5 Å². The fourth-order valence-electron chi connectivity index (χ4n) is 3.19. The molecule has 9 nitrogen and oxygen atoms in total. The minimum atomic E-state index is -0.413. The molecule has 3 rings (SSSR count). The number of hydrogen-bond donors (Lipinski definition) is 1. The molecule has 0 aliphatic rings. The molecule has 0 bridgehead atoms. The van der Waals surface area contributed by atoms with Crippen LogP contribution in [0.2, 0.25) is 5.02 Å². The van der Waals surface area contributed by atoms with Gasteiger partial charge in [0.25, 0.3) is 5.91 Å². The molecule has 0 saturated carbocycles. The molecule has 1 aromatic carbocycles. The highest BCUT2D eigenvalue weighted by atomic mass is 35.5. The lowest BCUT2D eigenvalue weighted by Crippen LogP contribution is -2.25. The Balaban J connectivity index is 1.53. The molecular formula is C20H23ClN6O3. The number of carbonyl (C=O) groups is 1. The van der Waals surface area contributed by atoms with Crippen LogP contribution in [0.15, 0.2) is 30.5 Å².